The maximum atomic E-state index is 4.76. The predicted molar refractivity (Wildman–Crippen MR) is 32.2 cm³/mol. The van der Waals surface area contributed by atoms with Gasteiger partial charge in [0.25, 0.3) is 0 Å². The molecule has 0 saturated heterocycles. The third-order valence-corrected chi connectivity index (χ3v) is 0.797. The second-order valence-corrected chi connectivity index (χ2v) is 1.55. The van der Waals surface area contributed by atoms with E-state index in [1.165, 1.54) is 7.11 Å². The highest BCUT2D eigenvalue weighted by Gasteiger charge is 2.08. The summed E-state index contributed by atoms with van der Waals surface area (Å²) in [4.78, 5) is 17.5. The summed E-state index contributed by atoms with van der Waals surface area (Å²) in [7, 11) is 1.38. The molecule has 0 rings (SSSR count). The molecule has 0 aliphatic rings. The highest BCUT2D eigenvalue weighted by Crippen LogP contribution is 1.91. The molecule has 0 radical (unpaired) electrons. The lowest BCUT2D eigenvalue weighted by Crippen LogP contribution is -2.28. The van der Waals surface area contributed by atoms with E-state index in [2.05, 4.69) is 19.5 Å². The van der Waals surface area contributed by atoms with Crippen molar-refractivity contribution in [3.8, 4) is 0 Å². The Labute approximate surface area is 58.8 Å². The van der Waals surface area contributed by atoms with Crippen molar-refractivity contribution in [3.63, 3.8) is 0 Å². The van der Waals surface area contributed by atoms with Crippen LogP contribution < -0.4 is 11.8 Å². The van der Waals surface area contributed by atoms with Crippen molar-refractivity contribution >= 4 is 0 Å². The zero-order valence-electron chi connectivity index (χ0n) is 5.78. The van der Waals surface area contributed by atoms with Crippen LogP contribution >= 0.6 is 0 Å². The Hall–Kier alpha value is -0.240. The zero-order chi connectivity index (χ0) is 7.82. The average Bonchev–Trinajstić information content (AvgIpc) is 1.90. The zero-order valence-corrected chi connectivity index (χ0v) is 5.78. The molecule has 10 heavy (non-hydrogen) atoms. The van der Waals surface area contributed by atoms with Crippen molar-refractivity contribution < 1.29 is 19.5 Å². The monoisotopic (exact) mass is 152 g/mol. The van der Waals surface area contributed by atoms with Gasteiger partial charge in [0.1, 0.15) is 6.10 Å². The summed E-state index contributed by atoms with van der Waals surface area (Å²) in [6.07, 6.45) is -0.389. The summed E-state index contributed by atoms with van der Waals surface area (Å²) in [6, 6.07) is 0. The molecule has 0 atom stereocenters. The molecule has 0 bridgehead atoms. The first-order valence-electron chi connectivity index (χ1n) is 2.68. The van der Waals surface area contributed by atoms with E-state index < -0.39 is 0 Å². The Morgan fingerprint density at radius 2 is 1.70 bits per heavy atom. The highest BCUT2D eigenvalue weighted by atomic mass is 17.2. The van der Waals surface area contributed by atoms with Crippen LogP contribution in [0.15, 0.2) is 0 Å². The molecule has 0 aromatic carbocycles. The van der Waals surface area contributed by atoms with Crippen molar-refractivity contribution in [1.82, 2.24) is 0 Å². The summed E-state index contributed by atoms with van der Waals surface area (Å²) in [5.74, 6) is 9.52. The van der Waals surface area contributed by atoms with Gasteiger partial charge in [0, 0.05) is 0 Å². The van der Waals surface area contributed by atoms with E-state index in [-0.39, 0.29) is 19.3 Å². The van der Waals surface area contributed by atoms with E-state index in [9.17, 15) is 0 Å². The molecule has 62 valence electrons. The fourth-order valence-corrected chi connectivity index (χ4v) is 0.454. The van der Waals surface area contributed by atoms with Gasteiger partial charge in [0.2, 0.25) is 0 Å². The minimum absolute atomic E-state index is 0.172. The largest absolute Gasteiger partial charge is 0.302 e. The molecular weight excluding hydrogens is 140 g/mol. The van der Waals surface area contributed by atoms with Crippen molar-refractivity contribution in [2.75, 3.05) is 20.3 Å². The van der Waals surface area contributed by atoms with E-state index in [0.29, 0.717) is 0 Å². The number of hydrogen-bond donors (Lipinski definition) is 2. The molecule has 0 aromatic rings. The Bertz CT molecular complexity index is 58.0. The Morgan fingerprint density at radius 3 is 2.00 bits per heavy atom. The van der Waals surface area contributed by atoms with Crippen LogP contribution in [0, 0.1) is 0 Å². The van der Waals surface area contributed by atoms with Crippen molar-refractivity contribution in [1.29, 1.82) is 0 Å². The van der Waals surface area contributed by atoms with Gasteiger partial charge in [-0.05, 0) is 0 Å². The summed E-state index contributed by atoms with van der Waals surface area (Å²) in [5, 5.41) is 0. The minimum atomic E-state index is -0.389. The standard InChI is InChI=1S/C4H12N2O4/c1-7-10-4(2-8-5)3-9-6/h4H,2-3,5-6H2,1H3. The van der Waals surface area contributed by atoms with E-state index >= 15 is 0 Å². The van der Waals surface area contributed by atoms with Crippen molar-refractivity contribution in [2.24, 2.45) is 11.8 Å². The summed E-state index contributed by atoms with van der Waals surface area (Å²) >= 11 is 0. The number of hydrogen-bond acceptors (Lipinski definition) is 6. The molecule has 0 aromatic heterocycles. The Kier molecular flexibility index (Phi) is 6.71. The van der Waals surface area contributed by atoms with Gasteiger partial charge >= 0.3 is 0 Å². The van der Waals surface area contributed by atoms with Crippen LogP contribution in [0.25, 0.3) is 0 Å². The van der Waals surface area contributed by atoms with Gasteiger partial charge < -0.3 is 9.68 Å². The van der Waals surface area contributed by atoms with Crippen LogP contribution in [0.3, 0.4) is 0 Å². The SMILES string of the molecule is COOC(CON)CON. The summed E-state index contributed by atoms with van der Waals surface area (Å²) in [5.41, 5.74) is 0. The van der Waals surface area contributed by atoms with Gasteiger partial charge in [0.05, 0.1) is 20.3 Å². The van der Waals surface area contributed by atoms with Crippen LogP contribution in [0.5, 0.6) is 0 Å². The molecule has 0 aliphatic heterocycles. The molecule has 4 N–H and O–H groups in total. The lowest BCUT2D eigenvalue weighted by molar-refractivity contribution is -0.319. The summed E-state index contributed by atoms with van der Waals surface area (Å²) in [6.45, 7) is 0.343. The molecule has 0 unspecified atom stereocenters. The lowest BCUT2D eigenvalue weighted by Gasteiger charge is -2.11. The molecule has 0 saturated carbocycles. The highest BCUT2D eigenvalue weighted by molar-refractivity contribution is 4.49. The first-order chi connectivity index (χ1) is 4.85. The molecule has 0 spiro atoms. The third kappa shape index (κ3) is 4.62. The van der Waals surface area contributed by atoms with Gasteiger partial charge in [-0.1, -0.05) is 0 Å². The molecule has 0 heterocycles. The van der Waals surface area contributed by atoms with Gasteiger partial charge in [-0.3, -0.25) is 0 Å². The van der Waals surface area contributed by atoms with E-state index in [1.807, 2.05) is 0 Å². The van der Waals surface area contributed by atoms with Gasteiger partial charge in [-0.15, -0.1) is 0 Å². The molecule has 0 aliphatic carbocycles. The lowest BCUT2D eigenvalue weighted by atomic mass is 10.4. The smallest absolute Gasteiger partial charge is 0.143 e. The predicted octanol–water partition coefficient (Wildman–Crippen LogP) is -1.29. The molecule has 6 heteroatoms. The minimum Gasteiger partial charge on any atom is -0.302 e. The fraction of sp³-hybridized carbons (Fsp3) is 1.00. The second kappa shape index (κ2) is 6.87. The first-order valence-corrected chi connectivity index (χ1v) is 2.68. The normalized spacial score (nSPS) is 10.8. The average molecular weight is 152 g/mol. The number of rotatable bonds is 6. The Balaban J connectivity index is 3.30. The third-order valence-electron chi connectivity index (χ3n) is 0.797. The van der Waals surface area contributed by atoms with Gasteiger partial charge in [-0.2, -0.15) is 0 Å². The van der Waals surface area contributed by atoms with E-state index in [4.69, 9.17) is 11.8 Å². The topological polar surface area (TPSA) is 89.0 Å². The van der Waals surface area contributed by atoms with E-state index in [0.717, 1.165) is 0 Å². The Morgan fingerprint density at radius 1 is 1.20 bits per heavy atom. The number of nitrogens with two attached hydrogens (primary N) is 2. The quantitative estimate of drug-likeness (QED) is 0.364. The molecular formula is C4H12N2O4. The van der Waals surface area contributed by atoms with Crippen LogP contribution in [0.1, 0.15) is 0 Å². The van der Waals surface area contributed by atoms with E-state index in [1.54, 1.807) is 0 Å². The maximum Gasteiger partial charge on any atom is 0.143 e. The van der Waals surface area contributed by atoms with Gasteiger partial charge in [0.15, 0.2) is 0 Å². The molecule has 0 amide bonds. The second-order valence-electron chi connectivity index (χ2n) is 1.55. The molecule has 6 nitrogen and oxygen atoms in total. The molecule has 0 fully saturated rings. The maximum absolute atomic E-state index is 4.76. The van der Waals surface area contributed by atoms with Crippen molar-refractivity contribution in [2.45, 2.75) is 6.10 Å². The summed E-state index contributed by atoms with van der Waals surface area (Å²) < 4.78 is 0. The van der Waals surface area contributed by atoms with Crippen LogP contribution in [0.4, 0.5) is 0 Å². The van der Waals surface area contributed by atoms with Crippen molar-refractivity contribution in [3.05, 3.63) is 0 Å². The van der Waals surface area contributed by atoms with Crippen LogP contribution in [-0.4, -0.2) is 26.4 Å². The fourth-order valence-electron chi connectivity index (χ4n) is 0.454. The van der Waals surface area contributed by atoms with Crippen LogP contribution in [-0.2, 0) is 19.5 Å². The van der Waals surface area contributed by atoms with Crippen LogP contribution in [0.2, 0.25) is 0 Å². The first kappa shape index (κ1) is 9.76. The van der Waals surface area contributed by atoms with Gasteiger partial charge in [-0.25, -0.2) is 21.6 Å².